The number of carbonyl (C=O) groups is 1. The SMILES string of the molecule is CC(C)(C)c1cc(C(F)(F)F)nc(/C(C(N)=O)=C2/Nc3ccccc3S2)n1. The van der Waals surface area contributed by atoms with Crippen molar-refractivity contribution in [2.24, 2.45) is 5.73 Å². The van der Waals surface area contributed by atoms with E-state index < -0.39 is 23.2 Å². The molecule has 1 amide bonds. The van der Waals surface area contributed by atoms with Crippen molar-refractivity contribution in [2.75, 3.05) is 5.32 Å². The first-order valence-electron chi connectivity index (χ1n) is 8.02. The van der Waals surface area contributed by atoms with Crippen LogP contribution in [0.25, 0.3) is 5.57 Å². The van der Waals surface area contributed by atoms with Crippen LogP contribution in [0, 0.1) is 0 Å². The number of nitrogens with zero attached hydrogens (tertiary/aromatic N) is 2. The number of carbonyl (C=O) groups excluding carboxylic acids is 1. The van der Waals surface area contributed by atoms with Crippen LogP contribution in [-0.4, -0.2) is 15.9 Å². The predicted octanol–water partition coefficient (Wildman–Crippen LogP) is 4.16. The zero-order valence-electron chi connectivity index (χ0n) is 14.8. The second-order valence-electron chi connectivity index (χ2n) is 7.00. The van der Waals surface area contributed by atoms with Crippen molar-refractivity contribution in [3.63, 3.8) is 0 Å². The van der Waals surface area contributed by atoms with Gasteiger partial charge in [0.25, 0.3) is 5.91 Å². The lowest BCUT2D eigenvalue weighted by molar-refractivity contribution is -0.141. The summed E-state index contributed by atoms with van der Waals surface area (Å²) in [7, 11) is 0. The maximum atomic E-state index is 13.3. The summed E-state index contributed by atoms with van der Waals surface area (Å²) >= 11 is 1.20. The van der Waals surface area contributed by atoms with Gasteiger partial charge in [0.15, 0.2) is 5.82 Å². The molecule has 2 heterocycles. The first kappa shape index (κ1) is 19.2. The number of fused-ring (bicyclic) bond motifs is 1. The highest BCUT2D eigenvalue weighted by Crippen LogP contribution is 2.43. The molecule has 27 heavy (non-hydrogen) atoms. The first-order chi connectivity index (χ1) is 12.5. The predicted molar refractivity (Wildman–Crippen MR) is 97.8 cm³/mol. The number of halogens is 3. The van der Waals surface area contributed by atoms with Gasteiger partial charge in [0.2, 0.25) is 0 Å². The average Bonchev–Trinajstić information content (AvgIpc) is 2.96. The van der Waals surface area contributed by atoms with Crippen LogP contribution in [0.2, 0.25) is 0 Å². The Labute approximate surface area is 158 Å². The van der Waals surface area contributed by atoms with Gasteiger partial charge < -0.3 is 11.1 Å². The monoisotopic (exact) mass is 394 g/mol. The van der Waals surface area contributed by atoms with E-state index in [2.05, 4.69) is 15.3 Å². The molecule has 0 fully saturated rings. The van der Waals surface area contributed by atoms with E-state index in [1.54, 1.807) is 32.9 Å². The van der Waals surface area contributed by atoms with Crippen molar-refractivity contribution in [3.8, 4) is 0 Å². The number of nitrogens with one attached hydrogen (secondary N) is 1. The van der Waals surface area contributed by atoms with E-state index in [0.29, 0.717) is 5.03 Å². The van der Waals surface area contributed by atoms with Crippen molar-refractivity contribution in [1.29, 1.82) is 0 Å². The third-order valence-corrected chi connectivity index (χ3v) is 4.92. The summed E-state index contributed by atoms with van der Waals surface area (Å²) in [5.41, 5.74) is 4.43. The van der Waals surface area contributed by atoms with Crippen LogP contribution in [0.1, 0.15) is 38.0 Å². The Morgan fingerprint density at radius 2 is 1.74 bits per heavy atom. The minimum atomic E-state index is -4.68. The van der Waals surface area contributed by atoms with Crippen LogP contribution in [0.4, 0.5) is 18.9 Å². The van der Waals surface area contributed by atoms with E-state index in [0.717, 1.165) is 16.6 Å². The molecule has 1 aromatic heterocycles. The molecule has 1 aromatic carbocycles. The third kappa shape index (κ3) is 3.92. The summed E-state index contributed by atoms with van der Waals surface area (Å²) in [6.07, 6.45) is -4.68. The van der Waals surface area contributed by atoms with Gasteiger partial charge in [-0.05, 0) is 18.2 Å². The number of para-hydroxylation sites is 1. The topological polar surface area (TPSA) is 80.9 Å². The second-order valence-corrected chi connectivity index (χ2v) is 8.05. The molecule has 3 rings (SSSR count). The second kappa shape index (κ2) is 6.56. The zero-order chi connectivity index (χ0) is 20.0. The minimum Gasteiger partial charge on any atom is -0.365 e. The van der Waals surface area contributed by atoms with Gasteiger partial charge in [-0.2, -0.15) is 13.2 Å². The Hall–Kier alpha value is -2.55. The first-order valence-corrected chi connectivity index (χ1v) is 8.83. The number of alkyl halides is 3. The molecule has 0 saturated carbocycles. The number of primary amides is 1. The van der Waals surface area contributed by atoms with Crippen molar-refractivity contribution >= 4 is 28.9 Å². The van der Waals surface area contributed by atoms with Crippen molar-refractivity contribution in [1.82, 2.24) is 9.97 Å². The van der Waals surface area contributed by atoms with E-state index in [4.69, 9.17) is 5.73 Å². The lowest BCUT2D eigenvalue weighted by Crippen LogP contribution is -2.23. The Kier molecular flexibility index (Phi) is 4.67. The molecule has 0 bridgehead atoms. The van der Waals surface area contributed by atoms with Gasteiger partial charge in [0, 0.05) is 10.3 Å². The van der Waals surface area contributed by atoms with Crippen LogP contribution in [0.15, 0.2) is 40.3 Å². The van der Waals surface area contributed by atoms with Crippen molar-refractivity contribution in [2.45, 2.75) is 37.3 Å². The van der Waals surface area contributed by atoms with Gasteiger partial charge in [-0.15, -0.1) is 0 Å². The minimum absolute atomic E-state index is 0.166. The van der Waals surface area contributed by atoms with E-state index in [9.17, 15) is 18.0 Å². The van der Waals surface area contributed by atoms with Gasteiger partial charge in [0.05, 0.1) is 16.4 Å². The Morgan fingerprint density at radius 3 is 2.30 bits per heavy atom. The Balaban J connectivity index is 2.20. The molecule has 1 aliphatic rings. The molecular formula is C18H17F3N4OS. The van der Waals surface area contributed by atoms with Crippen LogP contribution in [0.5, 0.6) is 0 Å². The number of benzene rings is 1. The molecule has 0 radical (unpaired) electrons. The van der Waals surface area contributed by atoms with Gasteiger partial charge in [-0.3, -0.25) is 4.79 Å². The zero-order valence-corrected chi connectivity index (χ0v) is 15.6. The highest BCUT2D eigenvalue weighted by molar-refractivity contribution is 8.04. The highest BCUT2D eigenvalue weighted by Gasteiger charge is 2.36. The van der Waals surface area contributed by atoms with Crippen LogP contribution in [-0.2, 0) is 16.4 Å². The van der Waals surface area contributed by atoms with E-state index >= 15 is 0 Å². The van der Waals surface area contributed by atoms with Gasteiger partial charge in [0.1, 0.15) is 11.3 Å². The number of anilines is 1. The number of hydrogen-bond acceptors (Lipinski definition) is 5. The van der Waals surface area contributed by atoms with E-state index in [1.807, 2.05) is 12.1 Å². The fraction of sp³-hybridized carbons (Fsp3) is 0.278. The molecule has 0 atom stereocenters. The molecule has 5 nitrogen and oxygen atoms in total. The number of rotatable bonds is 2. The van der Waals surface area contributed by atoms with Crippen LogP contribution >= 0.6 is 11.8 Å². The van der Waals surface area contributed by atoms with E-state index in [1.165, 1.54) is 11.8 Å². The van der Waals surface area contributed by atoms with Gasteiger partial charge in [-0.1, -0.05) is 44.7 Å². The van der Waals surface area contributed by atoms with Crippen molar-refractivity contribution < 1.29 is 18.0 Å². The number of aromatic nitrogens is 2. The smallest absolute Gasteiger partial charge is 0.365 e. The molecule has 0 aliphatic carbocycles. The van der Waals surface area contributed by atoms with Gasteiger partial charge in [-0.25, -0.2) is 9.97 Å². The molecular weight excluding hydrogens is 377 g/mol. The van der Waals surface area contributed by atoms with E-state index in [-0.39, 0.29) is 17.1 Å². The largest absolute Gasteiger partial charge is 0.433 e. The fourth-order valence-electron chi connectivity index (χ4n) is 2.44. The standard InChI is InChI=1S/C18H17F3N4OS/c1-17(2,3)11-8-12(18(19,20)21)25-15(24-11)13(14(22)26)16-23-9-6-4-5-7-10(9)27-16/h4-8,23H,1-3H3,(H2,22,26)/b16-13-. The summed E-state index contributed by atoms with van der Waals surface area (Å²) in [5, 5.41) is 3.32. The quantitative estimate of drug-likeness (QED) is 0.748. The molecule has 142 valence electrons. The molecule has 3 N–H and O–H groups in total. The molecule has 2 aromatic rings. The maximum Gasteiger partial charge on any atom is 0.433 e. The Morgan fingerprint density at radius 1 is 1.11 bits per heavy atom. The molecule has 9 heteroatoms. The normalized spacial score (nSPS) is 15.9. The summed E-state index contributed by atoms with van der Waals surface area (Å²) in [6.45, 7) is 5.19. The van der Waals surface area contributed by atoms with Crippen molar-refractivity contribution in [3.05, 3.63) is 52.6 Å². The maximum absolute atomic E-state index is 13.3. The highest BCUT2D eigenvalue weighted by atomic mass is 32.2. The van der Waals surface area contributed by atoms with Crippen LogP contribution in [0.3, 0.4) is 0 Å². The lowest BCUT2D eigenvalue weighted by atomic mass is 9.91. The summed E-state index contributed by atoms with van der Waals surface area (Å²) in [6, 6.07) is 8.14. The average molecular weight is 394 g/mol. The molecule has 0 unspecified atom stereocenters. The fourth-order valence-corrected chi connectivity index (χ4v) is 3.49. The molecule has 0 spiro atoms. The number of hydrogen-bond donors (Lipinski definition) is 2. The third-order valence-electron chi connectivity index (χ3n) is 3.83. The summed E-state index contributed by atoms with van der Waals surface area (Å²) < 4.78 is 40.0. The molecule has 1 aliphatic heterocycles. The summed E-state index contributed by atoms with van der Waals surface area (Å²) in [5.74, 6) is -1.25. The lowest BCUT2D eigenvalue weighted by Gasteiger charge is -2.20. The van der Waals surface area contributed by atoms with Crippen LogP contribution < -0.4 is 11.1 Å². The summed E-state index contributed by atoms with van der Waals surface area (Å²) in [4.78, 5) is 20.8. The number of nitrogens with two attached hydrogens (primary N) is 1. The van der Waals surface area contributed by atoms with Gasteiger partial charge >= 0.3 is 6.18 Å². The number of amides is 1. The Bertz CT molecular complexity index is 889. The molecule has 0 saturated heterocycles. The number of thioether (sulfide) groups is 1.